The van der Waals surface area contributed by atoms with E-state index in [0.717, 1.165) is 12.1 Å². The van der Waals surface area contributed by atoms with Gasteiger partial charge in [-0.25, -0.2) is 25.9 Å². The summed E-state index contributed by atoms with van der Waals surface area (Å²) < 4.78 is 69.8. The molecule has 1 N–H and O–H groups in total. The Hall–Kier alpha value is -2.24. The van der Waals surface area contributed by atoms with Crippen LogP contribution in [0.1, 0.15) is 18.6 Å². The summed E-state index contributed by atoms with van der Waals surface area (Å²) in [4.78, 5) is 13.5. The van der Waals surface area contributed by atoms with E-state index in [2.05, 4.69) is 4.72 Å². The van der Waals surface area contributed by atoms with Gasteiger partial charge in [0.25, 0.3) is 0 Å². The van der Waals surface area contributed by atoms with Crippen molar-refractivity contribution in [1.29, 1.82) is 0 Å². The van der Waals surface area contributed by atoms with Crippen molar-refractivity contribution in [1.82, 2.24) is 9.62 Å². The lowest BCUT2D eigenvalue weighted by Gasteiger charge is -2.31. The van der Waals surface area contributed by atoms with E-state index in [-0.39, 0.29) is 36.6 Å². The normalized spacial score (nSPS) is 16.1. The minimum absolute atomic E-state index is 0.188. The van der Waals surface area contributed by atoms with Gasteiger partial charge in [-0.05, 0) is 43.2 Å². The molecule has 29 heavy (non-hydrogen) atoms. The standard InChI is InChI=1S/C18H21FN2O6S2/c19-14-3-1-5-17(11-14)29(25,26)20-12-18(22)21-8-6-16(7-9-21)28(23,24)13-15-4-2-10-27-15/h1-5,10-11,16,20H,6-9,12-13H2. The fourth-order valence-corrected chi connectivity index (χ4v) is 5.89. The van der Waals surface area contributed by atoms with Gasteiger partial charge in [0.05, 0.1) is 23.0 Å². The van der Waals surface area contributed by atoms with Gasteiger partial charge >= 0.3 is 0 Å². The summed E-state index contributed by atoms with van der Waals surface area (Å²) in [6.45, 7) is -0.0617. The predicted octanol–water partition coefficient (Wildman–Crippen LogP) is 1.30. The molecule has 0 radical (unpaired) electrons. The summed E-state index contributed by atoms with van der Waals surface area (Å²) in [7, 11) is -7.43. The quantitative estimate of drug-likeness (QED) is 0.689. The number of nitrogens with zero attached hydrogens (tertiary/aromatic N) is 1. The number of rotatable bonds is 7. The van der Waals surface area contributed by atoms with Crippen molar-refractivity contribution in [2.75, 3.05) is 19.6 Å². The number of sulfone groups is 1. The molecule has 1 aromatic heterocycles. The zero-order chi connectivity index (χ0) is 21.1. The zero-order valence-electron chi connectivity index (χ0n) is 15.5. The number of nitrogens with one attached hydrogen (secondary N) is 1. The molecule has 0 spiro atoms. The Morgan fingerprint density at radius 2 is 1.86 bits per heavy atom. The number of sulfonamides is 1. The van der Waals surface area contributed by atoms with Gasteiger partial charge in [0.1, 0.15) is 17.3 Å². The highest BCUT2D eigenvalue weighted by Gasteiger charge is 2.32. The number of hydrogen-bond donors (Lipinski definition) is 1. The van der Waals surface area contributed by atoms with E-state index in [4.69, 9.17) is 4.42 Å². The zero-order valence-corrected chi connectivity index (χ0v) is 17.1. The number of benzene rings is 1. The molecule has 1 aliphatic rings. The first-order chi connectivity index (χ1) is 13.7. The maximum atomic E-state index is 13.2. The smallest absolute Gasteiger partial charge is 0.241 e. The maximum Gasteiger partial charge on any atom is 0.241 e. The van der Waals surface area contributed by atoms with Gasteiger partial charge in [0.15, 0.2) is 9.84 Å². The summed E-state index contributed by atoms with van der Waals surface area (Å²) in [5.74, 6) is -0.981. The number of amides is 1. The van der Waals surface area contributed by atoms with E-state index in [1.54, 1.807) is 12.1 Å². The highest BCUT2D eigenvalue weighted by molar-refractivity contribution is 7.91. The van der Waals surface area contributed by atoms with Crippen molar-refractivity contribution in [2.24, 2.45) is 0 Å². The fourth-order valence-electron chi connectivity index (χ4n) is 3.16. The lowest BCUT2D eigenvalue weighted by atomic mass is 10.1. The van der Waals surface area contributed by atoms with Crippen LogP contribution in [0.5, 0.6) is 0 Å². The lowest BCUT2D eigenvalue weighted by molar-refractivity contribution is -0.130. The SMILES string of the molecule is O=C(CNS(=O)(=O)c1cccc(F)c1)N1CCC(S(=O)(=O)Cc2ccco2)CC1. The second kappa shape index (κ2) is 8.64. The molecule has 0 aliphatic carbocycles. The molecule has 1 amide bonds. The molecule has 1 aliphatic heterocycles. The summed E-state index contributed by atoms with van der Waals surface area (Å²) in [5, 5.41) is -0.583. The third-order valence-electron chi connectivity index (χ3n) is 4.75. The van der Waals surface area contributed by atoms with Crippen LogP contribution in [0.2, 0.25) is 0 Å². The summed E-state index contributed by atoms with van der Waals surface area (Å²) in [5.41, 5.74) is 0. The van der Waals surface area contributed by atoms with Crippen LogP contribution in [0, 0.1) is 5.82 Å². The summed E-state index contributed by atoms with van der Waals surface area (Å²) in [6, 6.07) is 7.69. The van der Waals surface area contributed by atoms with E-state index >= 15 is 0 Å². The second-order valence-corrected chi connectivity index (χ2v) is 10.8. The molecule has 0 bridgehead atoms. The van der Waals surface area contributed by atoms with Crippen LogP contribution in [0.4, 0.5) is 4.39 Å². The van der Waals surface area contributed by atoms with Crippen molar-refractivity contribution in [3.8, 4) is 0 Å². The van der Waals surface area contributed by atoms with Crippen LogP contribution < -0.4 is 4.72 Å². The van der Waals surface area contributed by atoms with E-state index in [1.165, 1.54) is 23.3 Å². The molecule has 11 heteroatoms. The Balaban J connectivity index is 1.52. The van der Waals surface area contributed by atoms with Gasteiger partial charge in [-0.1, -0.05) is 6.07 Å². The monoisotopic (exact) mass is 444 g/mol. The molecule has 1 fully saturated rings. The number of furan rings is 1. The number of halogens is 1. The first-order valence-electron chi connectivity index (χ1n) is 8.94. The lowest BCUT2D eigenvalue weighted by Crippen LogP contribution is -2.46. The summed E-state index contributed by atoms with van der Waals surface area (Å²) in [6.07, 6.45) is 1.95. The van der Waals surface area contributed by atoms with Gasteiger partial charge in [-0.15, -0.1) is 0 Å². The average Bonchev–Trinajstić information content (AvgIpc) is 3.18. The van der Waals surface area contributed by atoms with Crippen LogP contribution in [-0.2, 0) is 30.4 Å². The summed E-state index contributed by atoms with van der Waals surface area (Å²) >= 11 is 0. The molecule has 8 nitrogen and oxygen atoms in total. The molecule has 0 saturated carbocycles. The Morgan fingerprint density at radius 3 is 2.48 bits per heavy atom. The largest absolute Gasteiger partial charge is 0.468 e. The molecule has 1 saturated heterocycles. The minimum Gasteiger partial charge on any atom is -0.468 e. The van der Waals surface area contributed by atoms with Crippen molar-refractivity contribution in [3.63, 3.8) is 0 Å². The molecule has 2 heterocycles. The van der Waals surface area contributed by atoms with E-state index in [1.807, 2.05) is 0 Å². The minimum atomic E-state index is -4.02. The van der Waals surface area contributed by atoms with Gasteiger partial charge < -0.3 is 9.32 Å². The van der Waals surface area contributed by atoms with Crippen LogP contribution in [-0.4, -0.2) is 52.5 Å². The molecule has 3 rings (SSSR count). The van der Waals surface area contributed by atoms with Crippen LogP contribution in [0.25, 0.3) is 0 Å². The van der Waals surface area contributed by atoms with E-state index < -0.39 is 43.4 Å². The average molecular weight is 445 g/mol. The number of piperidine rings is 1. The van der Waals surface area contributed by atoms with E-state index in [9.17, 15) is 26.0 Å². The van der Waals surface area contributed by atoms with Crippen LogP contribution in [0.15, 0.2) is 52.0 Å². The molecule has 1 aromatic carbocycles. The van der Waals surface area contributed by atoms with Crippen LogP contribution in [0.3, 0.4) is 0 Å². The first kappa shape index (κ1) is 21.5. The van der Waals surface area contributed by atoms with Gasteiger partial charge in [-0.3, -0.25) is 4.79 Å². The number of carbonyl (C=O) groups excluding carboxylic acids is 1. The highest BCUT2D eigenvalue weighted by atomic mass is 32.2. The number of hydrogen-bond acceptors (Lipinski definition) is 6. The van der Waals surface area contributed by atoms with Crippen molar-refractivity contribution in [3.05, 3.63) is 54.2 Å². The number of carbonyl (C=O) groups is 1. The Bertz CT molecular complexity index is 1060. The first-order valence-corrected chi connectivity index (χ1v) is 12.1. The van der Waals surface area contributed by atoms with Crippen molar-refractivity contribution >= 4 is 25.8 Å². The second-order valence-electron chi connectivity index (χ2n) is 6.75. The van der Waals surface area contributed by atoms with Gasteiger partial charge in [0.2, 0.25) is 15.9 Å². The van der Waals surface area contributed by atoms with Crippen LogP contribution >= 0.6 is 0 Å². The van der Waals surface area contributed by atoms with Gasteiger partial charge in [0, 0.05) is 13.1 Å². The Kier molecular flexibility index (Phi) is 6.39. The molecule has 0 atom stereocenters. The molecular formula is C18H21FN2O6S2. The Labute approximate surface area is 168 Å². The number of likely N-dealkylation sites (tertiary alicyclic amines) is 1. The molecule has 0 unspecified atom stereocenters. The highest BCUT2D eigenvalue weighted by Crippen LogP contribution is 2.22. The molecular weight excluding hydrogens is 423 g/mol. The molecule has 158 valence electrons. The van der Waals surface area contributed by atoms with Crippen molar-refractivity contribution in [2.45, 2.75) is 28.7 Å². The molecule has 2 aromatic rings. The van der Waals surface area contributed by atoms with E-state index in [0.29, 0.717) is 5.76 Å². The van der Waals surface area contributed by atoms with Crippen molar-refractivity contribution < 1.29 is 30.4 Å². The van der Waals surface area contributed by atoms with Gasteiger partial charge in [-0.2, -0.15) is 0 Å². The third-order valence-corrected chi connectivity index (χ3v) is 8.32. The maximum absolute atomic E-state index is 13.2. The predicted molar refractivity (Wildman–Crippen MR) is 103 cm³/mol. The fraction of sp³-hybridized carbons (Fsp3) is 0.389. The third kappa shape index (κ3) is 5.43. The Morgan fingerprint density at radius 1 is 1.14 bits per heavy atom. The topological polar surface area (TPSA) is 114 Å².